The minimum Gasteiger partial charge on any atom is -0.452 e. The number of rotatable bonds is 5. The van der Waals surface area contributed by atoms with Gasteiger partial charge in [-0.15, -0.1) is 0 Å². The molecular weight excluding hydrogens is 354 g/mol. The van der Waals surface area contributed by atoms with Gasteiger partial charge in [-0.2, -0.15) is 16.3 Å². The number of hydrogen-bond donors (Lipinski definition) is 0. The van der Waals surface area contributed by atoms with Crippen LogP contribution in [0.15, 0.2) is 56.2 Å². The van der Waals surface area contributed by atoms with Gasteiger partial charge in [0.05, 0.1) is 0 Å². The first-order valence-corrected chi connectivity index (χ1v) is 8.70. The van der Waals surface area contributed by atoms with Crippen molar-refractivity contribution in [3.05, 3.63) is 64.4 Å². The highest BCUT2D eigenvalue weighted by Gasteiger charge is 2.23. The highest BCUT2D eigenvalue weighted by Crippen LogP contribution is 2.26. The summed E-state index contributed by atoms with van der Waals surface area (Å²) in [6.07, 6.45) is 0. The van der Waals surface area contributed by atoms with Crippen LogP contribution in [0.25, 0.3) is 22.6 Å². The number of benzene rings is 1. The van der Waals surface area contributed by atoms with E-state index < -0.39 is 5.97 Å². The molecule has 0 unspecified atom stereocenters. The van der Waals surface area contributed by atoms with E-state index in [0.29, 0.717) is 17.3 Å². The summed E-state index contributed by atoms with van der Waals surface area (Å²) in [6, 6.07) is 11.2. The van der Waals surface area contributed by atoms with Gasteiger partial charge in [-0.25, -0.2) is 4.79 Å². The molecule has 130 valence electrons. The Labute approximate surface area is 152 Å². The average Bonchev–Trinajstić information content (AvgIpc) is 3.40. The summed E-state index contributed by atoms with van der Waals surface area (Å²) in [5, 5.41) is 11.7. The number of carbonyl (C=O) groups excluding carboxylic acids is 1. The Bertz CT molecular complexity index is 1020. The van der Waals surface area contributed by atoms with Crippen LogP contribution in [0, 0.1) is 6.92 Å². The Morgan fingerprint density at radius 1 is 1.12 bits per heavy atom. The SMILES string of the molecule is Cc1onc(-c2ccccc2)c1C(=O)OCc1nc(-c2ccsc2)no1. The molecule has 0 amide bonds. The third-order valence-electron chi connectivity index (χ3n) is 3.69. The molecule has 8 heteroatoms. The molecule has 7 nitrogen and oxygen atoms in total. The van der Waals surface area contributed by atoms with E-state index >= 15 is 0 Å². The van der Waals surface area contributed by atoms with Gasteiger partial charge in [-0.1, -0.05) is 40.6 Å². The first-order valence-electron chi connectivity index (χ1n) is 7.76. The van der Waals surface area contributed by atoms with E-state index in [1.165, 1.54) is 11.3 Å². The third-order valence-corrected chi connectivity index (χ3v) is 4.37. The molecule has 0 saturated heterocycles. The van der Waals surface area contributed by atoms with E-state index in [9.17, 15) is 4.79 Å². The van der Waals surface area contributed by atoms with Crippen LogP contribution < -0.4 is 0 Å². The van der Waals surface area contributed by atoms with Crippen molar-refractivity contribution in [3.8, 4) is 22.6 Å². The summed E-state index contributed by atoms with van der Waals surface area (Å²) in [4.78, 5) is 16.7. The first-order chi connectivity index (χ1) is 12.7. The summed E-state index contributed by atoms with van der Waals surface area (Å²) >= 11 is 1.54. The van der Waals surface area contributed by atoms with Gasteiger partial charge < -0.3 is 13.8 Å². The molecule has 0 bridgehead atoms. The van der Waals surface area contributed by atoms with Gasteiger partial charge in [-0.05, 0) is 18.4 Å². The molecule has 3 aromatic heterocycles. The number of aryl methyl sites for hydroxylation is 1. The zero-order chi connectivity index (χ0) is 17.9. The van der Waals surface area contributed by atoms with Crippen molar-refractivity contribution in [3.63, 3.8) is 0 Å². The van der Waals surface area contributed by atoms with Crippen LogP contribution in [-0.4, -0.2) is 21.3 Å². The fourth-order valence-corrected chi connectivity index (χ4v) is 3.06. The van der Waals surface area contributed by atoms with E-state index in [0.717, 1.165) is 11.1 Å². The predicted molar refractivity (Wildman–Crippen MR) is 93.4 cm³/mol. The molecular formula is C18H13N3O4S. The molecule has 0 aliphatic carbocycles. The predicted octanol–water partition coefficient (Wildman–Crippen LogP) is 4.12. The zero-order valence-corrected chi connectivity index (χ0v) is 14.5. The summed E-state index contributed by atoms with van der Waals surface area (Å²) in [5.74, 6) is 0.509. The molecule has 4 aromatic rings. The Morgan fingerprint density at radius 3 is 2.73 bits per heavy atom. The molecule has 0 radical (unpaired) electrons. The second kappa shape index (κ2) is 6.93. The lowest BCUT2D eigenvalue weighted by atomic mass is 10.1. The lowest BCUT2D eigenvalue weighted by molar-refractivity contribution is 0.0428. The van der Waals surface area contributed by atoms with E-state index in [1.54, 1.807) is 6.92 Å². The normalized spacial score (nSPS) is 10.8. The number of hydrogen-bond acceptors (Lipinski definition) is 8. The Morgan fingerprint density at radius 2 is 1.96 bits per heavy atom. The molecule has 3 heterocycles. The van der Waals surface area contributed by atoms with Gasteiger partial charge >= 0.3 is 5.97 Å². The molecule has 0 saturated carbocycles. The van der Waals surface area contributed by atoms with Crippen molar-refractivity contribution in [2.75, 3.05) is 0 Å². The zero-order valence-electron chi connectivity index (χ0n) is 13.7. The maximum atomic E-state index is 12.5. The van der Waals surface area contributed by atoms with Gasteiger partial charge in [0.2, 0.25) is 5.82 Å². The number of carbonyl (C=O) groups is 1. The number of nitrogens with zero attached hydrogens (tertiary/aromatic N) is 3. The topological polar surface area (TPSA) is 91.2 Å². The smallest absolute Gasteiger partial charge is 0.344 e. The van der Waals surface area contributed by atoms with Crippen LogP contribution in [0.5, 0.6) is 0 Å². The van der Waals surface area contributed by atoms with E-state index in [-0.39, 0.29) is 18.1 Å². The highest BCUT2D eigenvalue weighted by atomic mass is 32.1. The second-order valence-corrected chi connectivity index (χ2v) is 6.21. The maximum Gasteiger partial charge on any atom is 0.344 e. The van der Waals surface area contributed by atoms with Crippen molar-refractivity contribution < 1.29 is 18.6 Å². The second-order valence-electron chi connectivity index (χ2n) is 5.43. The molecule has 0 spiro atoms. The van der Waals surface area contributed by atoms with Gasteiger partial charge in [-0.3, -0.25) is 0 Å². The van der Waals surface area contributed by atoms with Crippen molar-refractivity contribution in [2.45, 2.75) is 13.5 Å². The van der Waals surface area contributed by atoms with Gasteiger partial charge in [0.1, 0.15) is 17.0 Å². The quantitative estimate of drug-likeness (QED) is 0.490. The van der Waals surface area contributed by atoms with Crippen molar-refractivity contribution in [1.82, 2.24) is 15.3 Å². The van der Waals surface area contributed by atoms with Crippen molar-refractivity contribution in [2.24, 2.45) is 0 Å². The monoisotopic (exact) mass is 367 g/mol. The molecule has 0 aliphatic rings. The van der Waals surface area contributed by atoms with Crippen LogP contribution in [0.2, 0.25) is 0 Å². The number of ether oxygens (including phenoxy) is 1. The van der Waals surface area contributed by atoms with Gasteiger partial charge in [0.25, 0.3) is 5.89 Å². The van der Waals surface area contributed by atoms with E-state index in [2.05, 4.69) is 15.3 Å². The van der Waals surface area contributed by atoms with Crippen molar-refractivity contribution >= 4 is 17.3 Å². The fourth-order valence-electron chi connectivity index (χ4n) is 2.43. The number of esters is 1. The molecule has 0 atom stereocenters. The van der Waals surface area contributed by atoms with Gasteiger partial charge in [0.15, 0.2) is 6.61 Å². The van der Waals surface area contributed by atoms with Crippen LogP contribution in [0.3, 0.4) is 0 Å². The molecule has 1 aromatic carbocycles. The van der Waals surface area contributed by atoms with E-state index in [1.807, 2.05) is 47.2 Å². The third kappa shape index (κ3) is 3.14. The van der Waals surface area contributed by atoms with Crippen LogP contribution >= 0.6 is 11.3 Å². The standard InChI is InChI=1S/C18H13N3O4S/c1-11-15(16(20-24-11)12-5-3-2-4-6-12)18(22)23-9-14-19-17(21-25-14)13-7-8-26-10-13/h2-8,10H,9H2,1H3. The summed E-state index contributed by atoms with van der Waals surface area (Å²) < 4.78 is 15.6. The number of thiophene rings is 1. The van der Waals surface area contributed by atoms with Crippen LogP contribution in [-0.2, 0) is 11.3 Å². The molecule has 26 heavy (non-hydrogen) atoms. The average molecular weight is 367 g/mol. The molecule has 0 aliphatic heterocycles. The first kappa shape index (κ1) is 16.2. The molecule has 4 rings (SSSR count). The summed E-state index contributed by atoms with van der Waals surface area (Å²) in [7, 11) is 0. The Balaban J connectivity index is 1.50. The largest absolute Gasteiger partial charge is 0.452 e. The summed E-state index contributed by atoms with van der Waals surface area (Å²) in [6.45, 7) is 1.53. The fraction of sp³-hybridized carbons (Fsp3) is 0.111. The Kier molecular flexibility index (Phi) is 4.32. The Hall–Kier alpha value is -3.26. The molecule has 0 fully saturated rings. The summed E-state index contributed by atoms with van der Waals surface area (Å²) in [5.41, 5.74) is 2.36. The van der Waals surface area contributed by atoms with Crippen LogP contribution in [0.1, 0.15) is 22.0 Å². The minimum absolute atomic E-state index is 0.130. The van der Waals surface area contributed by atoms with Crippen molar-refractivity contribution in [1.29, 1.82) is 0 Å². The number of aromatic nitrogens is 3. The van der Waals surface area contributed by atoms with E-state index in [4.69, 9.17) is 13.8 Å². The highest BCUT2D eigenvalue weighted by molar-refractivity contribution is 7.08. The van der Waals surface area contributed by atoms with Gasteiger partial charge in [0, 0.05) is 16.5 Å². The van der Waals surface area contributed by atoms with Crippen LogP contribution in [0.4, 0.5) is 0 Å². The lowest BCUT2D eigenvalue weighted by Gasteiger charge is -2.03. The maximum absolute atomic E-state index is 12.5. The lowest BCUT2D eigenvalue weighted by Crippen LogP contribution is -2.07. The minimum atomic E-state index is -0.558. The molecule has 0 N–H and O–H groups in total.